The minimum atomic E-state index is -0.0861. The quantitative estimate of drug-likeness (QED) is 0.918. The Hall–Kier alpha value is -2.18. The summed E-state index contributed by atoms with van der Waals surface area (Å²) in [6, 6.07) is 9.27. The molecule has 1 aromatic heterocycles. The van der Waals surface area contributed by atoms with Crippen molar-refractivity contribution in [2.45, 2.75) is 12.5 Å². The lowest BCUT2D eigenvalue weighted by molar-refractivity contribution is -0.0307. The van der Waals surface area contributed by atoms with Crippen molar-refractivity contribution in [3.63, 3.8) is 0 Å². The number of aliphatic hydroxyl groups excluding tert-OH is 1. The van der Waals surface area contributed by atoms with E-state index in [9.17, 15) is 4.79 Å². The molecule has 1 amide bonds. The molecule has 1 N–H and O–H groups in total. The zero-order valence-corrected chi connectivity index (χ0v) is 12.3. The van der Waals surface area contributed by atoms with Gasteiger partial charge in [0.2, 0.25) is 0 Å². The molecule has 0 bridgehead atoms. The third kappa shape index (κ3) is 3.18. The van der Waals surface area contributed by atoms with Crippen molar-refractivity contribution in [1.29, 1.82) is 0 Å². The number of carbonyl (C=O) groups is 1. The van der Waals surface area contributed by atoms with E-state index in [1.165, 1.54) is 0 Å². The fourth-order valence-electron chi connectivity index (χ4n) is 2.61. The molecule has 1 atom stereocenters. The Balaban J connectivity index is 1.76. The fraction of sp³-hybridized carbons (Fsp3) is 0.375. The highest BCUT2D eigenvalue weighted by Gasteiger charge is 2.24. The van der Waals surface area contributed by atoms with E-state index < -0.39 is 0 Å². The summed E-state index contributed by atoms with van der Waals surface area (Å²) in [5.41, 5.74) is 1.49. The number of rotatable bonds is 4. The molecule has 1 saturated heterocycles. The zero-order chi connectivity index (χ0) is 15.4. The van der Waals surface area contributed by atoms with E-state index in [4.69, 9.17) is 9.84 Å². The summed E-state index contributed by atoms with van der Waals surface area (Å²) in [6.07, 6.45) is 4.01. The van der Waals surface area contributed by atoms with Gasteiger partial charge in [0.25, 0.3) is 5.91 Å². The number of carbonyl (C=O) groups excluding carboxylic acids is 1. The molecule has 3 rings (SSSR count). The number of amides is 1. The number of aliphatic hydroxyl groups is 1. The second-order valence-corrected chi connectivity index (χ2v) is 5.26. The standard InChI is InChI=1S/C16H19N3O3/c20-9-5-15-12-18(8-10-22-15)16(21)13-3-1-4-14(11-13)19-7-2-6-17-19/h1-4,6-7,11,15,20H,5,8-10,12H2/t15-/m1/s1. The van der Waals surface area contributed by atoms with Crippen LogP contribution in [0.25, 0.3) is 5.69 Å². The molecule has 1 fully saturated rings. The fourth-order valence-corrected chi connectivity index (χ4v) is 2.61. The van der Waals surface area contributed by atoms with E-state index in [2.05, 4.69) is 5.10 Å². The minimum absolute atomic E-state index is 0.0137. The van der Waals surface area contributed by atoms with E-state index >= 15 is 0 Å². The average Bonchev–Trinajstić information content (AvgIpc) is 3.09. The highest BCUT2D eigenvalue weighted by atomic mass is 16.5. The Labute approximate surface area is 128 Å². The van der Waals surface area contributed by atoms with E-state index in [1.807, 2.05) is 36.5 Å². The van der Waals surface area contributed by atoms with Crippen molar-refractivity contribution in [2.24, 2.45) is 0 Å². The van der Waals surface area contributed by atoms with Crippen LogP contribution in [0.1, 0.15) is 16.8 Å². The van der Waals surface area contributed by atoms with E-state index in [0.29, 0.717) is 31.7 Å². The zero-order valence-electron chi connectivity index (χ0n) is 12.3. The molecule has 1 aliphatic heterocycles. The monoisotopic (exact) mass is 301 g/mol. The number of hydrogen-bond acceptors (Lipinski definition) is 4. The van der Waals surface area contributed by atoms with Crippen LogP contribution >= 0.6 is 0 Å². The van der Waals surface area contributed by atoms with Crippen LogP contribution in [0.4, 0.5) is 0 Å². The summed E-state index contributed by atoms with van der Waals surface area (Å²) < 4.78 is 7.28. The van der Waals surface area contributed by atoms with Crippen LogP contribution in [0, 0.1) is 0 Å². The number of morpholine rings is 1. The SMILES string of the molecule is O=C(c1cccc(-n2cccn2)c1)N1CCO[C@H](CCO)C1. The van der Waals surface area contributed by atoms with Gasteiger partial charge in [0.15, 0.2) is 0 Å². The van der Waals surface area contributed by atoms with Crippen LogP contribution in [0.5, 0.6) is 0 Å². The molecule has 6 heteroatoms. The van der Waals surface area contributed by atoms with E-state index in [-0.39, 0.29) is 18.6 Å². The Morgan fingerprint density at radius 1 is 1.41 bits per heavy atom. The van der Waals surface area contributed by atoms with Crippen molar-refractivity contribution in [1.82, 2.24) is 14.7 Å². The molecule has 2 heterocycles. The van der Waals surface area contributed by atoms with Crippen LogP contribution in [-0.2, 0) is 4.74 Å². The number of benzene rings is 1. The van der Waals surface area contributed by atoms with E-state index in [1.54, 1.807) is 15.8 Å². The molecule has 2 aromatic rings. The highest BCUT2D eigenvalue weighted by Crippen LogP contribution is 2.15. The number of hydrogen-bond donors (Lipinski definition) is 1. The van der Waals surface area contributed by atoms with Crippen LogP contribution < -0.4 is 0 Å². The molecular weight excluding hydrogens is 282 g/mol. The van der Waals surface area contributed by atoms with Crippen LogP contribution in [0.2, 0.25) is 0 Å². The first-order valence-electron chi connectivity index (χ1n) is 7.40. The Morgan fingerprint density at radius 2 is 2.32 bits per heavy atom. The van der Waals surface area contributed by atoms with Gasteiger partial charge in [0.05, 0.1) is 18.4 Å². The molecule has 0 unspecified atom stereocenters. The van der Waals surface area contributed by atoms with Gasteiger partial charge in [-0.1, -0.05) is 6.07 Å². The van der Waals surface area contributed by atoms with Gasteiger partial charge in [-0.2, -0.15) is 5.10 Å². The molecule has 0 saturated carbocycles. The van der Waals surface area contributed by atoms with Crippen molar-refractivity contribution in [3.05, 3.63) is 48.3 Å². The molecular formula is C16H19N3O3. The van der Waals surface area contributed by atoms with Crippen LogP contribution in [0.3, 0.4) is 0 Å². The van der Waals surface area contributed by atoms with Crippen molar-refractivity contribution in [2.75, 3.05) is 26.3 Å². The summed E-state index contributed by atoms with van der Waals surface area (Å²) in [6.45, 7) is 1.68. The summed E-state index contributed by atoms with van der Waals surface area (Å²) in [5, 5.41) is 13.2. The third-order valence-corrected chi connectivity index (χ3v) is 3.74. The molecule has 0 spiro atoms. The minimum Gasteiger partial charge on any atom is -0.396 e. The first-order valence-corrected chi connectivity index (χ1v) is 7.40. The van der Waals surface area contributed by atoms with Crippen molar-refractivity contribution in [3.8, 4) is 5.69 Å². The van der Waals surface area contributed by atoms with Gasteiger partial charge >= 0.3 is 0 Å². The Bertz CT molecular complexity index is 625. The third-order valence-electron chi connectivity index (χ3n) is 3.74. The maximum absolute atomic E-state index is 12.6. The highest BCUT2D eigenvalue weighted by molar-refractivity contribution is 5.94. The summed E-state index contributed by atoms with van der Waals surface area (Å²) >= 11 is 0. The predicted molar refractivity (Wildman–Crippen MR) is 80.9 cm³/mol. The average molecular weight is 301 g/mol. The largest absolute Gasteiger partial charge is 0.396 e. The van der Waals surface area contributed by atoms with Gasteiger partial charge in [-0.3, -0.25) is 4.79 Å². The second kappa shape index (κ2) is 6.72. The smallest absolute Gasteiger partial charge is 0.254 e. The molecule has 116 valence electrons. The molecule has 0 radical (unpaired) electrons. The van der Waals surface area contributed by atoms with Crippen molar-refractivity contribution < 1.29 is 14.6 Å². The topological polar surface area (TPSA) is 67.6 Å². The Morgan fingerprint density at radius 3 is 3.09 bits per heavy atom. The summed E-state index contributed by atoms with van der Waals surface area (Å²) in [4.78, 5) is 14.4. The lowest BCUT2D eigenvalue weighted by atomic mass is 10.1. The first-order chi connectivity index (χ1) is 10.8. The van der Waals surface area contributed by atoms with Gasteiger partial charge in [-0.15, -0.1) is 0 Å². The van der Waals surface area contributed by atoms with Gasteiger partial charge in [-0.05, 0) is 30.7 Å². The van der Waals surface area contributed by atoms with Gasteiger partial charge in [0.1, 0.15) is 0 Å². The molecule has 6 nitrogen and oxygen atoms in total. The van der Waals surface area contributed by atoms with Crippen molar-refractivity contribution >= 4 is 5.91 Å². The van der Waals surface area contributed by atoms with Crippen LogP contribution in [0.15, 0.2) is 42.7 Å². The van der Waals surface area contributed by atoms with Gasteiger partial charge in [-0.25, -0.2) is 4.68 Å². The molecule has 22 heavy (non-hydrogen) atoms. The molecule has 0 aliphatic carbocycles. The summed E-state index contributed by atoms with van der Waals surface area (Å²) in [5.74, 6) is -0.0137. The molecule has 1 aromatic carbocycles. The van der Waals surface area contributed by atoms with Gasteiger partial charge < -0.3 is 14.7 Å². The van der Waals surface area contributed by atoms with Gasteiger partial charge in [0, 0.05) is 37.7 Å². The lowest BCUT2D eigenvalue weighted by Crippen LogP contribution is -2.45. The number of nitrogens with zero attached hydrogens (tertiary/aromatic N) is 3. The van der Waals surface area contributed by atoms with Crippen LogP contribution in [-0.4, -0.2) is 58.1 Å². The predicted octanol–water partition coefficient (Wildman–Crippen LogP) is 1.10. The number of ether oxygens (including phenoxy) is 1. The maximum Gasteiger partial charge on any atom is 0.254 e. The normalized spacial score (nSPS) is 18.4. The molecule has 1 aliphatic rings. The maximum atomic E-state index is 12.6. The lowest BCUT2D eigenvalue weighted by Gasteiger charge is -2.32. The Kier molecular flexibility index (Phi) is 4.50. The summed E-state index contributed by atoms with van der Waals surface area (Å²) in [7, 11) is 0. The number of aromatic nitrogens is 2. The second-order valence-electron chi connectivity index (χ2n) is 5.26. The first kappa shape index (κ1) is 14.7. The van der Waals surface area contributed by atoms with E-state index in [0.717, 1.165) is 5.69 Å².